The third-order valence-corrected chi connectivity index (χ3v) is 1.35. The van der Waals surface area contributed by atoms with Crippen molar-refractivity contribution < 1.29 is 25.3 Å². The van der Waals surface area contributed by atoms with Crippen molar-refractivity contribution >= 4 is 7.32 Å². The summed E-state index contributed by atoms with van der Waals surface area (Å²) in [6, 6.07) is 0. The zero-order valence-corrected chi connectivity index (χ0v) is 20.4. The summed E-state index contributed by atoms with van der Waals surface area (Å²) < 4.78 is 0. The first-order valence-electron chi connectivity index (χ1n) is 9.46. The van der Waals surface area contributed by atoms with Gasteiger partial charge in [0.05, 0.1) is 0 Å². The number of allylic oxidation sites excluding steroid dienone is 1. The minimum Gasteiger partial charge on any atom is -0.402 e. The Morgan fingerprint density at radius 3 is 0.857 bits per heavy atom. The molecule has 9 heteroatoms. The maximum absolute atomic E-state index is 8.30. The molecule has 0 unspecified atom stereocenters. The molecule has 0 saturated heterocycles. The minimum atomic E-state index is -2.17. The predicted molar refractivity (Wildman–Crippen MR) is 124 cm³/mol. The molecule has 28 heavy (non-hydrogen) atoms. The van der Waals surface area contributed by atoms with Crippen molar-refractivity contribution in [3.8, 4) is 0 Å². The van der Waals surface area contributed by atoms with Crippen LogP contribution in [0.1, 0.15) is 39.0 Å². The van der Waals surface area contributed by atoms with Crippen LogP contribution in [0.25, 0.3) is 0 Å². The standard InChI is InChI=1S/C6H14O2.C4H8.3C3H9N.BH3O3/c7-5-3-1-2-4-6-8;1-3-4-2;3*1-4(2)3;2-1(3)4/h7-8H,1-6H2;3H,1,4H2,2H3;3*1-3H3;2-4H. The fourth-order valence-electron chi connectivity index (χ4n) is 0.577. The molecule has 0 spiro atoms. The first kappa shape index (κ1) is 41.8. The molecule has 0 aromatic rings. The third kappa shape index (κ3) is 508. The van der Waals surface area contributed by atoms with Gasteiger partial charge in [0.15, 0.2) is 0 Å². The van der Waals surface area contributed by atoms with Gasteiger partial charge in [0.25, 0.3) is 0 Å². The van der Waals surface area contributed by atoms with Gasteiger partial charge in [-0.15, -0.1) is 6.58 Å². The van der Waals surface area contributed by atoms with E-state index in [1.807, 2.05) is 84.2 Å². The van der Waals surface area contributed by atoms with Gasteiger partial charge in [0.2, 0.25) is 0 Å². The molecule has 5 N–H and O–H groups in total. The van der Waals surface area contributed by atoms with E-state index >= 15 is 0 Å². The van der Waals surface area contributed by atoms with Gasteiger partial charge in [-0.2, -0.15) is 0 Å². The lowest BCUT2D eigenvalue weighted by Crippen LogP contribution is -2.07. The number of aliphatic hydroxyl groups is 2. The molecule has 0 aliphatic heterocycles. The molecular weight excluding hydrogens is 361 g/mol. The summed E-state index contributed by atoms with van der Waals surface area (Å²) >= 11 is 0. The van der Waals surface area contributed by atoms with Gasteiger partial charge >= 0.3 is 7.32 Å². The molecule has 0 fully saturated rings. The number of hydrogen-bond acceptors (Lipinski definition) is 8. The van der Waals surface area contributed by atoms with E-state index in [1.165, 1.54) is 0 Å². The van der Waals surface area contributed by atoms with Crippen molar-refractivity contribution in [3.63, 3.8) is 0 Å². The van der Waals surface area contributed by atoms with Gasteiger partial charge in [0.1, 0.15) is 0 Å². The Morgan fingerprint density at radius 1 is 0.643 bits per heavy atom. The number of aliphatic hydroxyl groups excluding tert-OH is 2. The van der Waals surface area contributed by atoms with Gasteiger partial charge in [-0.25, -0.2) is 0 Å². The zero-order chi connectivity index (χ0) is 24.0. The van der Waals surface area contributed by atoms with Crippen molar-refractivity contribution in [2.75, 3.05) is 76.6 Å². The van der Waals surface area contributed by atoms with Crippen molar-refractivity contribution in [1.82, 2.24) is 14.7 Å². The van der Waals surface area contributed by atoms with Crippen molar-refractivity contribution in [1.29, 1.82) is 0 Å². The number of nitrogens with zero attached hydrogens (tertiary/aromatic N) is 3. The predicted octanol–water partition coefficient (Wildman–Crippen LogP) is 0.595. The van der Waals surface area contributed by atoms with Crippen LogP contribution in [0.4, 0.5) is 0 Å². The molecule has 0 amide bonds. The summed E-state index contributed by atoms with van der Waals surface area (Å²) in [5.41, 5.74) is 0. The molecule has 0 aliphatic rings. The van der Waals surface area contributed by atoms with E-state index in [4.69, 9.17) is 25.3 Å². The molecule has 0 aromatic heterocycles. The first-order chi connectivity index (χ1) is 12.8. The summed E-state index contributed by atoms with van der Waals surface area (Å²) in [4.78, 5) is 6.00. The summed E-state index contributed by atoms with van der Waals surface area (Å²) in [7, 11) is 15.8. The molecule has 0 atom stereocenters. The first-order valence-corrected chi connectivity index (χ1v) is 9.46. The van der Waals surface area contributed by atoms with Gasteiger partial charge < -0.3 is 40.0 Å². The van der Waals surface area contributed by atoms with E-state index in [2.05, 4.69) is 13.5 Å². The van der Waals surface area contributed by atoms with Crippen LogP contribution in [0.2, 0.25) is 0 Å². The average Bonchev–Trinajstić information content (AvgIpc) is 2.50. The smallest absolute Gasteiger partial charge is 0.402 e. The topological polar surface area (TPSA) is 111 Å². The Morgan fingerprint density at radius 2 is 0.786 bits per heavy atom. The SMILES string of the molecule is C=CCC.CN(C)C.CN(C)C.CN(C)C.OB(O)O.OCCCCCCO. The maximum atomic E-state index is 8.30. The lowest BCUT2D eigenvalue weighted by molar-refractivity contribution is 0.265. The van der Waals surface area contributed by atoms with E-state index < -0.39 is 7.32 Å². The molecule has 0 saturated carbocycles. The molecule has 0 bridgehead atoms. The van der Waals surface area contributed by atoms with Crippen LogP contribution in [-0.4, -0.2) is 124 Å². The van der Waals surface area contributed by atoms with E-state index in [0.717, 1.165) is 32.1 Å². The van der Waals surface area contributed by atoms with Crippen molar-refractivity contribution in [2.24, 2.45) is 0 Å². The zero-order valence-electron chi connectivity index (χ0n) is 20.4. The second-order valence-electron chi connectivity index (χ2n) is 6.93. The average molecular weight is 413 g/mol. The Hall–Kier alpha value is -0.515. The van der Waals surface area contributed by atoms with Gasteiger partial charge in [0, 0.05) is 13.2 Å². The number of unbranched alkanes of at least 4 members (excludes halogenated alkanes) is 3. The molecule has 0 aromatic carbocycles. The molecule has 0 radical (unpaired) electrons. The second-order valence-corrected chi connectivity index (χ2v) is 6.93. The van der Waals surface area contributed by atoms with Crippen LogP contribution in [0.5, 0.6) is 0 Å². The van der Waals surface area contributed by atoms with Crippen molar-refractivity contribution in [2.45, 2.75) is 39.0 Å². The summed E-state index contributed by atoms with van der Waals surface area (Å²) in [5, 5.41) is 38.1. The lowest BCUT2D eigenvalue weighted by atomic mass is 10.2. The molecule has 0 rings (SSSR count). The van der Waals surface area contributed by atoms with E-state index in [1.54, 1.807) is 0 Å². The highest BCUT2D eigenvalue weighted by Gasteiger charge is 1.92. The molecule has 0 heterocycles. The van der Waals surface area contributed by atoms with E-state index in [9.17, 15) is 0 Å². The summed E-state index contributed by atoms with van der Waals surface area (Å²) in [6.45, 7) is 6.11. The number of rotatable bonds is 6. The number of hydrogen-bond donors (Lipinski definition) is 5. The largest absolute Gasteiger partial charge is 0.631 e. The Labute approximate surface area is 176 Å². The molecule has 8 nitrogen and oxygen atoms in total. The highest BCUT2D eigenvalue weighted by atomic mass is 16.5. The highest BCUT2D eigenvalue weighted by Crippen LogP contribution is 1.96. The third-order valence-electron chi connectivity index (χ3n) is 1.35. The Balaban J connectivity index is -0.0000000536. The van der Waals surface area contributed by atoms with Gasteiger partial charge in [-0.3, -0.25) is 0 Å². The van der Waals surface area contributed by atoms with Crippen LogP contribution < -0.4 is 0 Å². The van der Waals surface area contributed by atoms with Crippen LogP contribution in [0.3, 0.4) is 0 Å². The van der Waals surface area contributed by atoms with Gasteiger partial charge in [-0.1, -0.05) is 25.8 Å². The van der Waals surface area contributed by atoms with Crippen LogP contribution in [0, 0.1) is 0 Å². The van der Waals surface area contributed by atoms with E-state index in [0.29, 0.717) is 0 Å². The Kier molecular flexibility index (Phi) is 67.6. The second kappa shape index (κ2) is 45.3. The quantitative estimate of drug-likeness (QED) is 0.245. The summed E-state index contributed by atoms with van der Waals surface area (Å²) in [6.07, 6.45) is 6.79. The fourth-order valence-corrected chi connectivity index (χ4v) is 0.577. The van der Waals surface area contributed by atoms with Gasteiger partial charge in [-0.05, 0) is 82.7 Å². The lowest BCUT2D eigenvalue weighted by Gasteiger charge is -1.93. The van der Waals surface area contributed by atoms with Crippen LogP contribution in [-0.2, 0) is 0 Å². The highest BCUT2D eigenvalue weighted by molar-refractivity contribution is 6.30. The molecule has 176 valence electrons. The normalized spacial score (nSPS) is 8.50. The van der Waals surface area contributed by atoms with E-state index in [-0.39, 0.29) is 13.2 Å². The fraction of sp³-hybridized carbons (Fsp3) is 0.895. The van der Waals surface area contributed by atoms with Crippen molar-refractivity contribution in [3.05, 3.63) is 12.7 Å². The monoisotopic (exact) mass is 413 g/mol. The summed E-state index contributed by atoms with van der Waals surface area (Å²) in [5.74, 6) is 0. The molecule has 0 aliphatic carbocycles. The minimum absolute atomic E-state index is 0.283. The van der Waals surface area contributed by atoms with Crippen LogP contribution in [0.15, 0.2) is 12.7 Å². The van der Waals surface area contributed by atoms with Crippen LogP contribution >= 0.6 is 0 Å². The maximum Gasteiger partial charge on any atom is 0.631 e. The Bertz CT molecular complexity index is 183. The molecular formula is C19H52BN3O5.